The highest BCUT2D eigenvalue weighted by molar-refractivity contribution is 5.75. The minimum Gasteiger partial charge on any atom is -0.465 e. The second-order valence-electron chi connectivity index (χ2n) is 9.41. The van der Waals surface area contributed by atoms with Crippen molar-refractivity contribution in [1.29, 1.82) is 0 Å². The summed E-state index contributed by atoms with van der Waals surface area (Å²) in [5.41, 5.74) is 9.31. The smallest absolute Gasteiger partial charge is 0.302 e. The van der Waals surface area contributed by atoms with Crippen LogP contribution in [-0.2, 0) is 36.7 Å². The summed E-state index contributed by atoms with van der Waals surface area (Å²) in [5, 5.41) is 0. The Hall–Kier alpha value is -3.15. The van der Waals surface area contributed by atoms with Crippen molar-refractivity contribution in [3.05, 3.63) is 59.7 Å². The zero-order valence-corrected chi connectivity index (χ0v) is 21.3. The van der Waals surface area contributed by atoms with Gasteiger partial charge >= 0.3 is 11.9 Å². The summed E-state index contributed by atoms with van der Waals surface area (Å²) in [5.74, 6) is -1.46. The number of hydrogen-bond acceptors (Lipinski definition) is 5. The molecule has 0 aromatic heterocycles. The number of hydrogen-bond donors (Lipinski definition) is 1. The third-order valence-electron chi connectivity index (χ3n) is 6.19. The van der Waals surface area contributed by atoms with Gasteiger partial charge in [0.1, 0.15) is 13.2 Å². The molecule has 0 saturated carbocycles. The largest absolute Gasteiger partial charge is 0.465 e. The number of unbranched alkanes of at least 4 members (excludes halogenated alkanes) is 3. The topological polar surface area (TPSA) is 95.7 Å². The van der Waals surface area contributed by atoms with Gasteiger partial charge in [0.25, 0.3) is 0 Å². The molecule has 1 amide bonds. The Morgan fingerprint density at radius 2 is 1.46 bits per heavy atom. The third-order valence-corrected chi connectivity index (χ3v) is 6.19. The summed E-state index contributed by atoms with van der Waals surface area (Å²) in [7, 11) is 0. The summed E-state index contributed by atoms with van der Waals surface area (Å²) in [4.78, 5) is 34.7. The summed E-state index contributed by atoms with van der Waals surface area (Å²) in [6.07, 6.45) is 7.15. The molecule has 35 heavy (non-hydrogen) atoms. The van der Waals surface area contributed by atoms with E-state index in [-0.39, 0.29) is 19.6 Å². The molecule has 0 atom stereocenters. The summed E-state index contributed by atoms with van der Waals surface area (Å²) < 4.78 is 10.5. The van der Waals surface area contributed by atoms with Gasteiger partial charge in [-0.1, -0.05) is 74.7 Å². The van der Waals surface area contributed by atoms with Crippen molar-refractivity contribution in [2.24, 2.45) is 11.1 Å². The van der Waals surface area contributed by atoms with E-state index in [0.717, 1.165) is 23.1 Å². The minimum atomic E-state index is -0.876. The van der Waals surface area contributed by atoms with Crippen molar-refractivity contribution in [2.45, 2.75) is 72.1 Å². The monoisotopic (exact) mass is 481 g/mol. The average Bonchev–Trinajstić information content (AvgIpc) is 2.83. The van der Waals surface area contributed by atoms with Crippen molar-refractivity contribution >= 4 is 17.8 Å². The Balaban J connectivity index is 2.13. The molecule has 2 aromatic carbocycles. The summed E-state index contributed by atoms with van der Waals surface area (Å²) >= 11 is 0. The Morgan fingerprint density at radius 1 is 0.800 bits per heavy atom. The number of benzene rings is 2. The lowest BCUT2D eigenvalue weighted by atomic mass is 9.80. The number of ether oxygens (including phenoxy) is 2. The molecule has 190 valence electrons. The van der Waals surface area contributed by atoms with Crippen LogP contribution < -0.4 is 5.73 Å². The van der Waals surface area contributed by atoms with Gasteiger partial charge in [-0.2, -0.15) is 0 Å². The van der Waals surface area contributed by atoms with Gasteiger partial charge in [0.15, 0.2) is 0 Å². The van der Waals surface area contributed by atoms with Crippen molar-refractivity contribution in [2.75, 3.05) is 13.2 Å². The van der Waals surface area contributed by atoms with Crippen molar-refractivity contribution in [1.82, 2.24) is 0 Å². The molecule has 2 N–H and O–H groups in total. The molecule has 6 heteroatoms. The van der Waals surface area contributed by atoms with Gasteiger partial charge in [-0.05, 0) is 47.9 Å². The lowest BCUT2D eigenvalue weighted by molar-refractivity contribution is -0.154. The van der Waals surface area contributed by atoms with Gasteiger partial charge in [0, 0.05) is 25.7 Å². The van der Waals surface area contributed by atoms with Gasteiger partial charge in [0.2, 0.25) is 5.91 Å². The number of primary amides is 1. The maximum absolute atomic E-state index is 11.8. The molecule has 0 bridgehead atoms. The van der Waals surface area contributed by atoms with Crippen LogP contribution in [0.5, 0.6) is 0 Å². The number of aryl methyl sites for hydroxylation is 2. The minimum absolute atomic E-state index is 0.0437. The SMILES string of the molecule is CCCCCCc1ccc(-c2cccc(CCC(COC(C)=O)(COC(C)=O)CC(N)=O)c2)cc1. The standard InChI is InChI=1S/C29H39NO5/c1-4-5-6-7-9-24-12-14-26(15-13-24)27-11-8-10-25(18-27)16-17-29(19-28(30)33,20-34-22(2)31)21-35-23(3)32/h8,10-15,18H,4-7,9,16-17,19-21H2,1-3H3,(H2,30,33). The molecule has 6 nitrogen and oxygen atoms in total. The number of nitrogens with two attached hydrogens (primary N) is 1. The Labute approximate surface area is 209 Å². The van der Waals surface area contributed by atoms with Crippen LogP contribution in [0.1, 0.15) is 70.4 Å². The fourth-order valence-corrected chi connectivity index (χ4v) is 4.19. The van der Waals surface area contributed by atoms with Gasteiger partial charge in [-0.3, -0.25) is 14.4 Å². The zero-order valence-electron chi connectivity index (χ0n) is 21.3. The molecule has 0 heterocycles. The summed E-state index contributed by atoms with van der Waals surface area (Å²) in [6.45, 7) is 4.75. The van der Waals surface area contributed by atoms with Crippen LogP contribution >= 0.6 is 0 Å². The molecule has 0 unspecified atom stereocenters. The number of rotatable bonds is 15. The number of carbonyl (C=O) groups is 3. The molecule has 0 radical (unpaired) electrons. The quantitative estimate of drug-likeness (QED) is 0.271. The molecular formula is C29H39NO5. The lowest BCUT2D eigenvalue weighted by Gasteiger charge is -2.31. The normalized spacial score (nSPS) is 11.2. The first-order valence-electron chi connectivity index (χ1n) is 12.5. The van der Waals surface area contributed by atoms with Crippen LogP contribution in [0.2, 0.25) is 0 Å². The van der Waals surface area contributed by atoms with E-state index in [1.807, 2.05) is 12.1 Å². The van der Waals surface area contributed by atoms with Crippen LogP contribution in [-0.4, -0.2) is 31.1 Å². The molecule has 0 fully saturated rings. The fraction of sp³-hybridized carbons (Fsp3) is 0.483. The second-order valence-corrected chi connectivity index (χ2v) is 9.41. The van der Waals surface area contributed by atoms with E-state index in [9.17, 15) is 14.4 Å². The first kappa shape index (κ1) is 28.1. The van der Waals surface area contributed by atoms with Gasteiger partial charge in [-0.15, -0.1) is 0 Å². The molecule has 0 aliphatic rings. The van der Waals surface area contributed by atoms with E-state index in [0.29, 0.717) is 12.8 Å². The van der Waals surface area contributed by atoms with E-state index < -0.39 is 23.3 Å². The van der Waals surface area contributed by atoms with Gasteiger partial charge in [0.05, 0.1) is 0 Å². The Morgan fingerprint density at radius 3 is 2.03 bits per heavy atom. The van der Waals surface area contributed by atoms with Crippen molar-refractivity contribution < 1.29 is 23.9 Å². The molecule has 0 aliphatic heterocycles. The molecular weight excluding hydrogens is 442 g/mol. The van der Waals surface area contributed by atoms with Crippen LogP contribution in [0.15, 0.2) is 48.5 Å². The molecule has 0 spiro atoms. The highest BCUT2D eigenvalue weighted by Crippen LogP contribution is 2.31. The number of amides is 1. The Bertz CT molecular complexity index is 949. The van der Waals surface area contributed by atoms with Crippen molar-refractivity contribution in [3.8, 4) is 11.1 Å². The second kappa shape index (κ2) is 14.3. The van der Waals surface area contributed by atoms with E-state index in [1.54, 1.807) is 0 Å². The maximum Gasteiger partial charge on any atom is 0.302 e. The number of esters is 2. The lowest BCUT2D eigenvalue weighted by Crippen LogP contribution is -2.38. The highest BCUT2D eigenvalue weighted by Gasteiger charge is 2.35. The molecule has 0 saturated heterocycles. The van der Waals surface area contributed by atoms with E-state index in [4.69, 9.17) is 15.2 Å². The van der Waals surface area contributed by atoms with Crippen LogP contribution in [0.4, 0.5) is 0 Å². The predicted octanol–water partition coefficient (Wildman–Crippen LogP) is 5.40. The van der Waals surface area contributed by atoms with Gasteiger partial charge < -0.3 is 15.2 Å². The average molecular weight is 482 g/mol. The predicted molar refractivity (Wildman–Crippen MR) is 138 cm³/mol. The maximum atomic E-state index is 11.8. The fourth-order valence-electron chi connectivity index (χ4n) is 4.19. The third kappa shape index (κ3) is 10.3. The van der Waals surface area contributed by atoms with E-state index >= 15 is 0 Å². The van der Waals surface area contributed by atoms with Gasteiger partial charge in [-0.25, -0.2) is 0 Å². The Kier molecular flexibility index (Phi) is 11.5. The molecule has 2 rings (SSSR count). The first-order chi connectivity index (χ1) is 16.7. The van der Waals surface area contributed by atoms with Crippen LogP contribution in [0.25, 0.3) is 11.1 Å². The summed E-state index contributed by atoms with van der Waals surface area (Å²) in [6, 6.07) is 17.0. The van der Waals surface area contributed by atoms with E-state index in [1.165, 1.54) is 45.1 Å². The molecule has 0 aliphatic carbocycles. The first-order valence-corrected chi connectivity index (χ1v) is 12.5. The van der Waals surface area contributed by atoms with Crippen LogP contribution in [0.3, 0.4) is 0 Å². The van der Waals surface area contributed by atoms with E-state index in [2.05, 4.69) is 43.3 Å². The molecule has 2 aromatic rings. The zero-order chi connectivity index (χ0) is 25.7. The highest BCUT2D eigenvalue weighted by atomic mass is 16.5. The van der Waals surface area contributed by atoms with Crippen molar-refractivity contribution in [3.63, 3.8) is 0 Å². The van der Waals surface area contributed by atoms with Crippen LogP contribution in [0, 0.1) is 5.41 Å². The number of carbonyl (C=O) groups excluding carboxylic acids is 3.